The number of carbonyl (C=O) groups is 1. The second-order valence-electron chi connectivity index (χ2n) is 5.33. The normalized spacial score (nSPS) is 20.9. The van der Waals surface area contributed by atoms with Gasteiger partial charge in [-0.2, -0.15) is 0 Å². The lowest BCUT2D eigenvalue weighted by Gasteiger charge is -2.32. The molecule has 1 saturated heterocycles. The van der Waals surface area contributed by atoms with E-state index in [0.717, 1.165) is 18.8 Å². The molecular weight excluding hydrogens is 226 g/mol. The van der Waals surface area contributed by atoms with Crippen molar-refractivity contribution in [1.82, 2.24) is 4.90 Å². The molecule has 18 heavy (non-hydrogen) atoms. The van der Waals surface area contributed by atoms with Gasteiger partial charge in [0.15, 0.2) is 0 Å². The van der Waals surface area contributed by atoms with Crippen LogP contribution >= 0.6 is 0 Å². The summed E-state index contributed by atoms with van der Waals surface area (Å²) in [6, 6.07) is 0. The van der Waals surface area contributed by atoms with Crippen LogP contribution in [0.1, 0.15) is 58.8 Å². The highest BCUT2D eigenvalue weighted by Gasteiger charge is 2.17. The van der Waals surface area contributed by atoms with Crippen molar-refractivity contribution in [1.29, 1.82) is 0 Å². The molecule has 106 valence electrons. The van der Waals surface area contributed by atoms with Gasteiger partial charge in [0.05, 0.1) is 6.61 Å². The maximum Gasteiger partial charge on any atom is 0.305 e. The van der Waals surface area contributed by atoms with Gasteiger partial charge in [0.1, 0.15) is 0 Å². The molecule has 3 nitrogen and oxygen atoms in total. The van der Waals surface area contributed by atoms with Crippen LogP contribution in [-0.4, -0.2) is 37.1 Å². The van der Waals surface area contributed by atoms with E-state index in [-0.39, 0.29) is 5.97 Å². The average Bonchev–Trinajstić information content (AvgIpc) is 2.39. The highest BCUT2D eigenvalue weighted by molar-refractivity contribution is 5.69. The Morgan fingerprint density at radius 1 is 1.28 bits per heavy atom. The Kier molecular flexibility index (Phi) is 8.06. The highest BCUT2D eigenvalue weighted by Crippen LogP contribution is 2.19. The average molecular weight is 255 g/mol. The van der Waals surface area contributed by atoms with E-state index in [9.17, 15) is 4.79 Å². The van der Waals surface area contributed by atoms with Gasteiger partial charge in [0.2, 0.25) is 0 Å². The summed E-state index contributed by atoms with van der Waals surface area (Å²) in [5.74, 6) is 0.875. The third-order valence-corrected chi connectivity index (χ3v) is 3.84. The topological polar surface area (TPSA) is 29.5 Å². The van der Waals surface area contributed by atoms with E-state index in [2.05, 4.69) is 11.8 Å². The fourth-order valence-corrected chi connectivity index (χ4v) is 2.70. The largest absolute Gasteiger partial charge is 0.466 e. The number of esters is 1. The Labute approximate surface area is 112 Å². The van der Waals surface area contributed by atoms with Crippen LogP contribution in [-0.2, 0) is 9.53 Å². The summed E-state index contributed by atoms with van der Waals surface area (Å²) in [7, 11) is 0. The molecule has 1 heterocycles. The minimum atomic E-state index is -0.0403. The number of rotatable bonds is 8. The Bertz CT molecular complexity index is 231. The van der Waals surface area contributed by atoms with Crippen molar-refractivity contribution in [2.45, 2.75) is 58.8 Å². The van der Waals surface area contributed by atoms with Gasteiger partial charge < -0.3 is 9.64 Å². The zero-order chi connectivity index (χ0) is 13.2. The maximum absolute atomic E-state index is 11.2. The number of unbranched alkanes of at least 4 members (excludes halogenated alkanes) is 2. The maximum atomic E-state index is 11.2. The summed E-state index contributed by atoms with van der Waals surface area (Å²) in [4.78, 5) is 13.8. The van der Waals surface area contributed by atoms with Crippen LogP contribution < -0.4 is 0 Å². The summed E-state index contributed by atoms with van der Waals surface area (Å²) >= 11 is 0. The lowest BCUT2D eigenvalue weighted by molar-refractivity contribution is -0.143. The zero-order valence-electron chi connectivity index (χ0n) is 12.1. The zero-order valence-corrected chi connectivity index (χ0v) is 12.1. The molecule has 0 radical (unpaired) electrons. The van der Waals surface area contributed by atoms with Crippen molar-refractivity contribution in [3.8, 4) is 0 Å². The predicted molar refractivity (Wildman–Crippen MR) is 74.6 cm³/mol. The van der Waals surface area contributed by atoms with E-state index in [1.807, 2.05) is 6.92 Å². The monoisotopic (exact) mass is 255 g/mol. The number of nitrogens with zero attached hydrogens (tertiary/aromatic N) is 1. The third kappa shape index (κ3) is 6.39. The van der Waals surface area contributed by atoms with Gasteiger partial charge in [0.25, 0.3) is 0 Å². The molecular formula is C15H29NO2. The molecule has 0 spiro atoms. The molecule has 0 aromatic heterocycles. The summed E-state index contributed by atoms with van der Waals surface area (Å²) in [5, 5.41) is 0. The standard InChI is InChI=1S/C15H29NO2/c1-3-14-9-8-12-16(13-14)11-7-5-6-10-15(17)18-4-2/h14H,3-13H2,1-2H3. The Balaban J connectivity index is 1.98. The molecule has 1 fully saturated rings. The summed E-state index contributed by atoms with van der Waals surface area (Å²) in [6.07, 6.45) is 8.02. The number of piperidine rings is 1. The van der Waals surface area contributed by atoms with Crippen molar-refractivity contribution in [3.05, 3.63) is 0 Å². The summed E-state index contributed by atoms with van der Waals surface area (Å²) in [6.45, 7) is 8.43. The van der Waals surface area contributed by atoms with Gasteiger partial charge in [-0.05, 0) is 51.6 Å². The Morgan fingerprint density at radius 3 is 2.83 bits per heavy atom. The SMILES string of the molecule is CCOC(=O)CCCCCN1CCCC(CC)C1. The molecule has 0 aromatic carbocycles. The first-order valence-electron chi connectivity index (χ1n) is 7.64. The van der Waals surface area contributed by atoms with E-state index >= 15 is 0 Å². The first kappa shape index (κ1) is 15.5. The lowest BCUT2D eigenvalue weighted by atomic mass is 9.95. The molecule has 3 heteroatoms. The van der Waals surface area contributed by atoms with Crippen LogP contribution in [0.5, 0.6) is 0 Å². The third-order valence-electron chi connectivity index (χ3n) is 3.84. The van der Waals surface area contributed by atoms with Crippen LogP contribution in [0.15, 0.2) is 0 Å². The minimum absolute atomic E-state index is 0.0403. The van der Waals surface area contributed by atoms with Crippen LogP contribution in [0, 0.1) is 5.92 Å². The molecule has 1 aliphatic rings. The molecule has 1 unspecified atom stereocenters. The summed E-state index contributed by atoms with van der Waals surface area (Å²) < 4.78 is 4.92. The molecule has 1 rings (SSSR count). The van der Waals surface area contributed by atoms with E-state index in [1.54, 1.807) is 0 Å². The number of hydrogen-bond donors (Lipinski definition) is 0. The molecule has 1 aliphatic heterocycles. The number of carbonyl (C=O) groups excluding carboxylic acids is 1. The molecule has 0 saturated carbocycles. The fourth-order valence-electron chi connectivity index (χ4n) is 2.70. The molecule has 0 bridgehead atoms. The van der Waals surface area contributed by atoms with E-state index in [1.165, 1.54) is 45.3 Å². The molecule has 0 aromatic rings. The fraction of sp³-hybridized carbons (Fsp3) is 0.933. The second kappa shape index (κ2) is 9.37. The Hall–Kier alpha value is -0.570. The quantitative estimate of drug-likeness (QED) is 0.492. The van der Waals surface area contributed by atoms with Gasteiger partial charge in [-0.1, -0.05) is 19.8 Å². The lowest BCUT2D eigenvalue weighted by Crippen LogP contribution is -2.35. The van der Waals surface area contributed by atoms with Crippen molar-refractivity contribution in [3.63, 3.8) is 0 Å². The minimum Gasteiger partial charge on any atom is -0.466 e. The summed E-state index contributed by atoms with van der Waals surface area (Å²) in [5.41, 5.74) is 0. The van der Waals surface area contributed by atoms with Crippen molar-refractivity contribution in [2.75, 3.05) is 26.2 Å². The second-order valence-corrected chi connectivity index (χ2v) is 5.33. The highest BCUT2D eigenvalue weighted by atomic mass is 16.5. The molecule has 0 amide bonds. The van der Waals surface area contributed by atoms with Crippen molar-refractivity contribution >= 4 is 5.97 Å². The van der Waals surface area contributed by atoms with Gasteiger partial charge in [-0.25, -0.2) is 0 Å². The van der Waals surface area contributed by atoms with Gasteiger partial charge in [-0.3, -0.25) is 4.79 Å². The van der Waals surface area contributed by atoms with E-state index in [4.69, 9.17) is 4.74 Å². The van der Waals surface area contributed by atoms with Crippen molar-refractivity contribution in [2.24, 2.45) is 5.92 Å². The number of hydrogen-bond acceptors (Lipinski definition) is 3. The van der Waals surface area contributed by atoms with Gasteiger partial charge >= 0.3 is 5.97 Å². The van der Waals surface area contributed by atoms with Crippen LogP contribution in [0.3, 0.4) is 0 Å². The Morgan fingerprint density at radius 2 is 2.11 bits per heavy atom. The smallest absolute Gasteiger partial charge is 0.305 e. The van der Waals surface area contributed by atoms with Crippen LogP contribution in [0.25, 0.3) is 0 Å². The molecule has 0 aliphatic carbocycles. The van der Waals surface area contributed by atoms with Crippen molar-refractivity contribution < 1.29 is 9.53 Å². The van der Waals surface area contributed by atoms with Crippen LogP contribution in [0.2, 0.25) is 0 Å². The van der Waals surface area contributed by atoms with Gasteiger partial charge in [-0.15, -0.1) is 0 Å². The number of ether oxygens (including phenoxy) is 1. The predicted octanol–water partition coefficient (Wildman–Crippen LogP) is 3.23. The van der Waals surface area contributed by atoms with Gasteiger partial charge in [0, 0.05) is 13.0 Å². The molecule has 0 N–H and O–H groups in total. The molecule has 1 atom stereocenters. The van der Waals surface area contributed by atoms with E-state index in [0.29, 0.717) is 13.0 Å². The van der Waals surface area contributed by atoms with E-state index < -0.39 is 0 Å². The first-order valence-corrected chi connectivity index (χ1v) is 7.64. The van der Waals surface area contributed by atoms with Crippen LogP contribution in [0.4, 0.5) is 0 Å². The first-order chi connectivity index (χ1) is 8.76. The number of likely N-dealkylation sites (tertiary alicyclic amines) is 1.